The molecule has 1 fully saturated rings. The third-order valence-electron chi connectivity index (χ3n) is 7.44. The van der Waals surface area contributed by atoms with Gasteiger partial charge < -0.3 is 14.2 Å². The second-order valence-electron chi connectivity index (χ2n) is 9.73. The van der Waals surface area contributed by atoms with Gasteiger partial charge in [-0.1, -0.05) is 60.7 Å². The number of aromatic nitrogens is 2. The van der Waals surface area contributed by atoms with Crippen LogP contribution in [-0.2, 0) is 6.42 Å². The van der Waals surface area contributed by atoms with Crippen LogP contribution in [0.4, 0.5) is 0 Å². The minimum absolute atomic E-state index is 0.0123. The zero-order valence-corrected chi connectivity index (χ0v) is 21.3. The van der Waals surface area contributed by atoms with Gasteiger partial charge in [0.2, 0.25) is 0 Å². The van der Waals surface area contributed by atoms with E-state index in [1.54, 1.807) is 12.3 Å². The number of amides is 2. The summed E-state index contributed by atoms with van der Waals surface area (Å²) in [7, 11) is 1.88. The molecule has 5 rings (SSSR count). The van der Waals surface area contributed by atoms with Gasteiger partial charge in [-0.2, -0.15) is 5.10 Å². The molecular formula is C30H32N4O3. The van der Waals surface area contributed by atoms with E-state index in [0.717, 1.165) is 30.5 Å². The van der Waals surface area contributed by atoms with E-state index < -0.39 is 0 Å². The first-order chi connectivity index (χ1) is 18.0. The third-order valence-corrected chi connectivity index (χ3v) is 7.44. The fourth-order valence-electron chi connectivity index (χ4n) is 5.27. The summed E-state index contributed by atoms with van der Waals surface area (Å²) in [6, 6.07) is 23.7. The van der Waals surface area contributed by atoms with Crippen LogP contribution < -0.4 is 0 Å². The highest BCUT2D eigenvalue weighted by atomic mass is 16.3. The summed E-state index contributed by atoms with van der Waals surface area (Å²) < 4.78 is 5.39. The molecule has 190 valence electrons. The maximum Gasteiger partial charge on any atom is 0.271 e. The van der Waals surface area contributed by atoms with Crippen LogP contribution in [0.2, 0.25) is 0 Å². The Balaban J connectivity index is 1.28. The molecule has 1 aliphatic heterocycles. The van der Waals surface area contributed by atoms with Crippen molar-refractivity contribution in [3.63, 3.8) is 0 Å². The molecule has 0 bridgehead atoms. The van der Waals surface area contributed by atoms with Gasteiger partial charge in [-0.25, -0.2) is 0 Å². The van der Waals surface area contributed by atoms with Crippen LogP contribution in [-0.4, -0.2) is 58.0 Å². The first-order valence-corrected chi connectivity index (χ1v) is 12.8. The smallest absolute Gasteiger partial charge is 0.271 e. The molecular weight excluding hydrogens is 464 g/mol. The van der Waals surface area contributed by atoms with Crippen molar-refractivity contribution in [2.45, 2.75) is 32.2 Å². The summed E-state index contributed by atoms with van der Waals surface area (Å²) in [5, 5.41) is 7.26. The van der Waals surface area contributed by atoms with E-state index in [9.17, 15) is 9.59 Å². The van der Waals surface area contributed by atoms with E-state index >= 15 is 0 Å². The standard InChI is InChI=1S/C30H32N4O3/c1-21-25(15-18-37-21)29(35)33(2)28(19-22-9-5-3-6-10-22)24-13-16-34(17-14-24)30(36)27-20-26(31-32-27)23-11-7-4-8-12-23/h3-12,15,18,20,24,28H,13-14,16-17,19H2,1-2H3,(H,31,32)/t28-/m0/s1. The molecule has 4 aromatic rings. The second-order valence-corrected chi connectivity index (χ2v) is 9.73. The van der Waals surface area contributed by atoms with Gasteiger partial charge in [-0.05, 0) is 49.8 Å². The van der Waals surface area contributed by atoms with Crippen LogP contribution in [0.25, 0.3) is 11.3 Å². The first-order valence-electron chi connectivity index (χ1n) is 12.8. The molecule has 1 saturated heterocycles. The normalized spacial score (nSPS) is 14.9. The Kier molecular flexibility index (Phi) is 7.21. The lowest BCUT2D eigenvalue weighted by Crippen LogP contribution is -2.48. The number of nitrogens with one attached hydrogen (secondary N) is 1. The Morgan fingerprint density at radius 2 is 1.73 bits per heavy atom. The van der Waals surface area contributed by atoms with Crippen molar-refractivity contribution in [3.8, 4) is 11.3 Å². The first kappa shape index (κ1) is 24.6. The SMILES string of the molecule is Cc1occc1C(=O)N(C)[C@@H](Cc1ccccc1)C1CCN(C(=O)c2cc(-c3ccccc3)n[nH]2)CC1. The van der Waals surface area contributed by atoms with Crippen LogP contribution >= 0.6 is 0 Å². The van der Waals surface area contributed by atoms with E-state index in [2.05, 4.69) is 22.3 Å². The predicted molar refractivity (Wildman–Crippen MR) is 142 cm³/mol. The van der Waals surface area contributed by atoms with Gasteiger partial charge >= 0.3 is 0 Å². The summed E-state index contributed by atoms with van der Waals surface area (Å²) in [6.45, 7) is 3.10. The average Bonchev–Trinajstić information content (AvgIpc) is 3.61. The fourth-order valence-corrected chi connectivity index (χ4v) is 5.27. The number of likely N-dealkylation sites (N-methyl/N-ethyl adjacent to an activating group) is 1. The number of hydrogen-bond acceptors (Lipinski definition) is 4. The van der Waals surface area contributed by atoms with Crippen molar-refractivity contribution in [3.05, 3.63) is 102 Å². The lowest BCUT2D eigenvalue weighted by Gasteiger charge is -2.40. The quantitative estimate of drug-likeness (QED) is 0.381. The Hall–Kier alpha value is -4.13. The Labute approximate surface area is 217 Å². The van der Waals surface area contributed by atoms with Crippen LogP contribution in [0.1, 0.15) is 45.0 Å². The summed E-state index contributed by atoms with van der Waals surface area (Å²) in [4.78, 5) is 30.4. The zero-order chi connectivity index (χ0) is 25.8. The number of hydrogen-bond donors (Lipinski definition) is 1. The summed E-state index contributed by atoms with van der Waals surface area (Å²) >= 11 is 0. The maximum atomic E-state index is 13.4. The Morgan fingerprint density at radius 3 is 2.38 bits per heavy atom. The Morgan fingerprint density at radius 1 is 1.05 bits per heavy atom. The van der Waals surface area contributed by atoms with Gasteiger partial charge in [0, 0.05) is 31.7 Å². The topological polar surface area (TPSA) is 82.4 Å². The third kappa shape index (κ3) is 5.35. The van der Waals surface area contributed by atoms with Crippen molar-refractivity contribution in [1.82, 2.24) is 20.0 Å². The van der Waals surface area contributed by atoms with Crippen LogP contribution in [0.3, 0.4) is 0 Å². The number of nitrogens with zero attached hydrogens (tertiary/aromatic N) is 3. The maximum absolute atomic E-state index is 13.4. The number of rotatable bonds is 7. The van der Waals surface area contributed by atoms with E-state index in [1.807, 2.05) is 78.4 Å². The Bertz CT molecular complexity index is 1340. The number of carbonyl (C=O) groups excluding carboxylic acids is 2. The highest BCUT2D eigenvalue weighted by Gasteiger charge is 2.34. The molecule has 1 aliphatic rings. The fraction of sp³-hybridized carbons (Fsp3) is 0.300. The van der Waals surface area contributed by atoms with Crippen molar-refractivity contribution in [2.75, 3.05) is 20.1 Å². The highest BCUT2D eigenvalue weighted by Crippen LogP contribution is 2.29. The molecule has 2 aromatic heterocycles. The van der Waals surface area contributed by atoms with Crippen molar-refractivity contribution >= 4 is 11.8 Å². The van der Waals surface area contributed by atoms with Gasteiger partial charge in [0.25, 0.3) is 11.8 Å². The molecule has 7 nitrogen and oxygen atoms in total. The van der Waals surface area contributed by atoms with Gasteiger partial charge in [-0.3, -0.25) is 14.7 Å². The van der Waals surface area contributed by atoms with Gasteiger partial charge in [0.05, 0.1) is 17.5 Å². The van der Waals surface area contributed by atoms with Crippen molar-refractivity contribution < 1.29 is 14.0 Å². The molecule has 0 saturated carbocycles. The number of piperidine rings is 1. The molecule has 0 radical (unpaired) electrons. The van der Waals surface area contributed by atoms with Gasteiger partial charge in [0.15, 0.2) is 0 Å². The molecule has 1 N–H and O–H groups in total. The molecule has 2 amide bonds. The van der Waals surface area contributed by atoms with E-state index in [1.165, 1.54) is 5.56 Å². The average molecular weight is 497 g/mol. The number of aryl methyl sites for hydroxylation is 1. The number of aromatic amines is 1. The largest absolute Gasteiger partial charge is 0.469 e. The van der Waals surface area contributed by atoms with E-state index in [-0.39, 0.29) is 23.8 Å². The van der Waals surface area contributed by atoms with Crippen LogP contribution in [0.5, 0.6) is 0 Å². The minimum atomic E-state index is -0.0359. The number of likely N-dealkylation sites (tertiary alicyclic amines) is 1. The summed E-state index contributed by atoms with van der Waals surface area (Å²) in [5.41, 5.74) is 4.03. The van der Waals surface area contributed by atoms with Gasteiger partial charge in [-0.15, -0.1) is 0 Å². The number of H-pyrrole nitrogens is 1. The molecule has 0 spiro atoms. The molecule has 7 heteroatoms. The monoisotopic (exact) mass is 496 g/mol. The van der Waals surface area contributed by atoms with Crippen LogP contribution in [0.15, 0.2) is 83.5 Å². The minimum Gasteiger partial charge on any atom is -0.469 e. The number of carbonyl (C=O) groups is 2. The molecule has 0 aliphatic carbocycles. The molecule has 37 heavy (non-hydrogen) atoms. The summed E-state index contributed by atoms with van der Waals surface area (Å²) in [5.74, 6) is 0.833. The molecule has 0 unspecified atom stereocenters. The van der Waals surface area contributed by atoms with Crippen LogP contribution in [0, 0.1) is 12.8 Å². The van der Waals surface area contributed by atoms with E-state index in [0.29, 0.717) is 30.1 Å². The molecule has 2 aromatic carbocycles. The predicted octanol–water partition coefficient (Wildman–Crippen LogP) is 5.21. The number of furan rings is 1. The second kappa shape index (κ2) is 10.9. The summed E-state index contributed by atoms with van der Waals surface area (Å²) in [6.07, 6.45) is 3.97. The highest BCUT2D eigenvalue weighted by molar-refractivity contribution is 5.95. The lowest BCUT2D eigenvalue weighted by molar-refractivity contribution is 0.0518. The molecule has 1 atom stereocenters. The van der Waals surface area contributed by atoms with Crippen molar-refractivity contribution in [1.29, 1.82) is 0 Å². The van der Waals surface area contributed by atoms with Gasteiger partial charge in [0.1, 0.15) is 11.5 Å². The zero-order valence-electron chi connectivity index (χ0n) is 21.3. The molecule has 3 heterocycles. The van der Waals surface area contributed by atoms with E-state index in [4.69, 9.17) is 4.42 Å². The lowest BCUT2D eigenvalue weighted by atomic mass is 9.84. The number of benzene rings is 2. The van der Waals surface area contributed by atoms with Crippen molar-refractivity contribution in [2.24, 2.45) is 5.92 Å².